The maximum atomic E-state index is 9.38. The Morgan fingerprint density at radius 3 is 2.36 bits per heavy atom. The minimum absolute atomic E-state index is 0.198. The normalized spacial score (nSPS) is 18.2. The number of hydrogen-bond acceptors (Lipinski definition) is 2. The second-order valence-corrected chi connectivity index (χ2v) is 5.73. The number of benzene rings is 2. The lowest BCUT2D eigenvalue weighted by atomic mass is 10.1. The fourth-order valence-electron chi connectivity index (χ4n) is 2.47. The average molecular weight is 296 g/mol. The Morgan fingerprint density at radius 2 is 1.73 bits per heavy atom. The Bertz CT molecular complexity index is 615. The Morgan fingerprint density at radius 1 is 1.09 bits per heavy atom. The van der Waals surface area contributed by atoms with Gasteiger partial charge in [0.05, 0.1) is 12.2 Å². The van der Waals surface area contributed by atoms with Crippen molar-refractivity contribution in [1.29, 1.82) is 0 Å². The lowest BCUT2D eigenvalue weighted by Gasteiger charge is -2.03. The highest BCUT2D eigenvalue weighted by Gasteiger charge is 2.18. The first-order valence-corrected chi connectivity index (χ1v) is 7.75. The summed E-state index contributed by atoms with van der Waals surface area (Å²) in [5, 5.41) is 18.6. The number of fused-ring (bicyclic) bond motifs is 1. The first-order chi connectivity index (χ1) is 10.6. The predicted molar refractivity (Wildman–Crippen MR) is 91.5 cm³/mol. The predicted octanol–water partition coefficient (Wildman–Crippen LogP) is 4.14. The van der Waals surface area contributed by atoms with Crippen LogP contribution in [0, 0.1) is 0 Å². The largest absolute Gasteiger partial charge is 0.389 e. The number of hydrogen-bond donors (Lipinski definition) is 2. The van der Waals surface area contributed by atoms with Gasteiger partial charge in [0.15, 0.2) is 0 Å². The fraction of sp³-hybridized carbons (Fsp3) is 0.300. The van der Waals surface area contributed by atoms with E-state index in [-0.39, 0.29) is 12.2 Å². The topological polar surface area (TPSA) is 40.5 Å². The Balaban J connectivity index is 0.000000162. The molecular formula is C20H24O2. The summed E-state index contributed by atoms with van der Waals surface area (Å²) < 4.78 is 0. The van der Waals surface area contributed by atoms with Crippen LogP contribution < -0.4 is 0 Å². The molecule has 0 unspecified atom stereocenters. The Hall–Kier alpha value is -1.90. The van der Waals surface area contributed by atoms with Crippen molar-refractivity contribution < 1.29 is 10.2 Å². The third-order valence-electron chi connectivity index (χ3n) is 3.95. The van der Waals surface area contributed by atoms with Gasteiger partial charge in [0, 0.05) is 0 Å². The quantitative estimate of drug-likeness (QED) is 0.874. The zero-order valence-electron chi connectivity index (χ0n) is 13.2. The summed E-state index contributed by atoms with van der Waals surface area (Å²) in [6.07, 6.45) is 3.38. The zero-order valence-corrected chi connectivity index (χ0v) is 13.2. The molecule has 2 heteroatoms. The molecule has 2 N–H and O–H groups in total. The van der Waals surface area contributed by atoms with Crippen LogP contribution in [0.2, 0.25) is 0 Å². The summed E-state index contributed by atoms with van der Waals surface area (Å²) in [5.41, 5.74) is 4.56. The second kappa shape index (κ2) is 7.92. The summed E-state index contributed by atoms with van der Waals surface area (Å²) in [4.78, 5) is 0. The van der Waals surface area contributed by atoms with Crippen molar-refractivity contribution >= 4 is 6.08 Å². The van der Waals surface area contributed by atoms with E-state index in [0.717, 1.165) is 29.5 Å². The van der Waals surface area contributed by atoms with Gasteiger partial charge >= 0.3 is 0 Å². The van der Waals surface area contributed by atoms with E-state index in [2.05, 4.69) is 6.07 Å². The molecule has 116 valence electrons. The van der Waals surface area contributed by atoms with Crippen molar-refractivity contribution in [2.24, 2.45) is 0 Å². The zero-order chi connectivity index (χ0) is 15.9. The van der Waals surface area contributed by atoms with E-state index in [1.165, 1.54) is 5.56 Å². The van der Waals surface area contributed by atoms with E-state index in [1.54, 1.807) is 6.92 Å². The number of aryl methyl sites for hydroxylation is 1. The second-order valence-electron chi connectivity index (χ2n) is 5.73. The molecule has 0 aromatic heterocycles. The first kappa shape index (κ1) is 16.5. The molecule has 22 heavy (non-hydrogen) atoms. The van der Waals surface area contributed by atoms with Crippen molar-refractivity contribution in [2.75, 3.05) is 0 Å². The lowest BCUT2D eigenvalue weighted by molar-refractivity contribution is 0.180. The van der Waals surface area contributed by atoms with Gasteiger partial charge in [-0.15, -0.1) is 0 Å². The van der Waals surface area contributed by atoms with E-state index >= 15 is 0 Å². The highest BCUT2D eigenvalue weighted by molar-refractivity contribution is 5.52. The molecule has 1 aliphatic rings. The van der Waals surface area contributed by atoms with E-state index in [1.807, 2.05) is 61.5 Å². The van der Waals surface area contributed by atoms with Crippen LogP contribution in [0.5, 0.6) is 0 Å². The van der Waals surface area contributed by atoms with Crippen molar-refractivity contribution in [3.8, 4) is 0 Å². The van der Waals surface area contributed by atoms with E-state index < -0.39 is 0 Å². The van der Waals surface area contributed by atoms with Crippen LogP contribution in [0.3, 0.4) is 0 Å². The highest BCUT2D eigenvalue weighted by Crippen LogP contribution is 2.29. The van der Waals surface area contributed by atoms with Gasteiger partial charge in [-0.05, 0) is 49.0 Å². The molecule has 2 atom stereocenters. The van der Waals surface area contributed by atoms with Crippen LogP contribution in [-0.2, 0) is 6.42 Å². The van der Waals surface area contributed by atoms with Crippen LogP contribution >= 0.6 is 0 Å². The van der Waals surface area contributed by atoms with Crippen molar-refractivity contribution in [3.63, 3.8) is 0 Å². The van der Waals surface area contributed by atoms with Gasteiger partial charge in [-0.3, -0.25) is 0 Å². The maximum Gasteiger partial charge on any atom is 0.0795 e. The first-order valence-electron chi connectivity index (χ1n) is 7.75. The Labute approximate surface area is 132 Å². The van der Waals surface area contributed by atoms with E-state index in [9.17, 15) is 10.2 Å². The summed E-state index contributed by atoms with van der Waals surface area (Å²) in [5.74, 6) is 0. The molecule has 0 aliphatic heterocycles. The van der Waals surface area contributed by atoms with Gasteiger partial charge < -0.3 is 10.2 Å². The molecule has 2 aromatic rings. The number of aliphatic hydroxyl groups excluding tert-OH is 2. The minimum Gasteiger partial charge on any atom is -0.389 e. The lowest BCUT2D eigenvalue weighted by Crippen LogP contribution is -1.99. The van der Waals surface area contributed by atoms with Crippen LogP contribution in [0.4, 0.5) is 0 Å². The smallest absolute Gasteiger partial charge is 0.0795 e. The molecule has 1 aliphatic carbocycles. The number of aliphatic hydroxyl groups is 2. The maximum absolute atomic E-state index is 9.38. The van der Waals surface area contributed by atoms with Gasteiger partial charge in [0.25, 0.3) is 0 Å². The summed E-state index contributed by atoms with van der Waals surface area (Å²) in [7, 11) is 0. The van der Waals surface area contributed by atoms with Crippen LogP contribution in [0.1, 0.15) is 43.1 Å². The van der Waals surface area contributed by atoms with Gasteiger partial charge in [-0.25, -0.2) is 0 Å². The van der Waals surface area contributed by atoms with Crippen LogP contribution in [0.25, 0.3) is 6.08 Å². The molecule has 0 fully saturated rings. The summed E-state index contributed by atoms with van der Waals surface area (Å²) >= 11 is 0. The van der Waals surface area contributed by atoms with Crippen molar-refractivity contribution in [1.82, 2.24) is 0 Å². The molecule has 2 aromatic carbocycles. The SMILES string of the molecule is C/C(=C\c1ccccc1)[C@H](C)O.O[C@H]1CCc2ccccc21. The fourth-order valence-corrected chi connectivity index (χ4v) is 2.47. The van der Waals surface area contributed by atoms with Gasteiger partial charge in [-0.1, -0.05) is 60.7 Å². The monoisotopic (exact) mass is 296 g/mol. The molecule has 0 saturated heterocycles. The molecule has 0 amide bonds. The van der Waals surface area contributed by atoms with Crippen LogP contribution in [0.15, 0.2) is 60.2 Å². The van der Waals surface area contributed by atoms with E-state index in [0.29, 0.717) is 0 Å². The standard InChI is InChI=1S/C11H14O.C9H10O/c1-9(10(2)12)8-11-6-4-3-5-7-11;10-9-6-5-7-3-1-2-4-8(7)9/h3-8,10,12H,1-2H3;1-4,9-10H,5-6H2/b9-8+;/t10-;9-/m00/s1. The van der Waals surface area contributed by atoms with Gasteiger partial charge in [0.1, 0.15) is 0 Å². The van der Waals surface area contributed by atoms with Gasteiger partial charge in [-0.2, -0.15) is 0 Å². The molecule has 0 radical (unpaired) electrons. The van der Waals surface area contributed by atoms with Crippen LogP contribution in [-0.4, -0.2) is 16.3 Å². The van der Waals surface area contributed by atoms with Crippen molar-refractivity contribution in [2.45, 2.75) is 38.9 Å². The molecule has 0 spiro atoms. The van der Waals surface area contributed by atoms with E-state index in [4.69, 9.17) is 0 Å². The number of rotatable bonds is 2. The molecular weight excluding hydrogens is 272 g/mol. The third kappa shape index (κ3) is 4.55. The molecule has 0 bridgehead atoms. The molecule has 0 saturated carbocycles. The summed E-state index contributed by atoms with van der Waals surface area (Å²) in [6.45, 7) is 3.70. The third-order valence-corrected chi connectivity index (χ3v) is 3.95. The average Bonchev–Trinajstić information content (AvgIpc) is 2.91. The van der Waals surface area contributed by atoms with Crippen molar-refractivity contribution in [3.05, 3.63) is 76.9 Å². The minimum atomic E-state index is -0.356. The Kier molecular flexibility index (Phi) is 5.93. The molecule has 2 nitrogen and oxygen atoms in total. The molecule has 0 heterocycles. The van der Waals surface area contributed by atoms with Gasteiger partial charge in [0.2, 0.25) is 0 Å². The highest BCUT2D eigenvalue weighted by atomic mass is 16.3. The molecule has 3 rings (SSSR count). The summed E-state index contributed by atoms with van der Waals surface area (Å²) in [6, 6.07) is 18.1.